The highest BCUT2D eigenvalue weighted by molar-refractivity contribution is 7.86. The maximum absolute atomic E-state index is 14.3. The van der Waals surface area contributed by atoms with Crippen molar-refractivity contribution in [1.82, 2.24) is 41.5 Å². The summed E-state index contributed by atoms with van der Waals surface area (Å²) in [5.41, 5.74) is 2.73. The van der Waals surface area contributed by atoms with E-state index >= 15 is 0 Å². The maximum Gasteiger partial charge on any atom is 0.335 e. The number of aromatic carboxylic acids is 1. The summed E-state index contributed by atoms with van der Waals surface area (Å²) >= 11 is 0. The molecule has 0 fully saturated rings. The van der Waals surface area contributed by atoms with Gasteiger partial charge >= 0.3 is 35.8 Å². The van der Waals surface area contributed by atoms with Gasteiger partial charge in [0, 0.05) is 84.6 Å². The Morgan fingerprint density at radius 1 is 0.593 bits per heavy atom. The van der Waals surface area contributed by atoms with Gasteiger partial charge in [0.05, 0.1) is 62.9 Å². The molecule has 5 aromatic rings. The van der Waals surface area contributed by atoms with E-state index in [0.29, 0.717) is 96.5 Å². The van der Waals surface area contributed by atoms with Crippen molar-refractivity contribution in [1.29, 1.82) is 0 Å². The number of carbonyl (C=O) groups excluding carboxylic acids is 6. The lowest BCUT2D eigenvalue weighted by atomic mass is 9.81. The van der Waals surface area contributed by atoms with E-state index in [-0.39, 0.29) is 78.4 Å². The average molecular weight is 1610 g/mol. The Bertz CT molecular complexity index is 4970. The first-order chi connectivity index (χ1) is 53.2. The van der Waals surface area contributed by atoms with Crippen molar-refractivity contribution in [2.75, 3.05) is 24.5 Å². The van der Waals surface area contributed by atoms with Crippen molar-refractivity contribution >= 4 is 136 Å². The zero-order chi connectivity index (χ0) is 83.4. The monoisotopic (exact) mass is 1610 g/mol. The van der Waals surface area contributed by atoms with Crippen LogP contribution < -0.4 is 42.4 Å². The number of aliphatic carboxylic acids is 5. The van der Waals surface area contributed by atoms with Crippen molar-refractivity contribution in [2.45, 2.75) is 201 Å². The Labute approximate surface area is 649 Å². The molecule has 4 heterocycles. The molecule has 113 heavy (non-hydrogen) atoms. The average Bonchev–Trinajstić information content (AvgIpc) is 1.70. The molecule has 1 unspecified atom stereocenters. The second kappa shape index (κ2) is 39.1. The van der Waals surface area contributed by atoms with Crippen molar-refractivity contribution in [3.05, 3.63) is 130 Å². The molecule has 2 aliphatic heterocycles. The predicted octanol–water partition coefficient (Wildman–Crippen LogP) is 4.88. The minimum absolute atomic E-state index is 0.00307. The number of fused-ring (bicyclic) bond motifs is 5. The van der Waals surface area contributed by atoms with E-state index < -0.39 is 152 Å². The van der Waals surface area contributed by atoms with E-state index in [9.17, 15) is 114 Å². The number of carbonyl (C=O) groups is 12. The lowest BCUT2D eigenvalue weighted by Crippen LogP contribution is -2.59. The normalized spacial score (nSPS) is 16.2. The molecule has 2 aromatic heterocycles. The molecule has 7 rings (SSSR count). The number of hydrogen-bond acceptors (Lipinski definition) is 20. The van der Waals surface area contributed by atoms with Gasteiger partial charge in [0.1, 0.15) is 46.9 Å². The first kappa shape index (κ1) is 88.6. The molecule has 0 radical (unpaired) electrons. The van der Waals surface area contributed by atoms with Crippen molar-refractivity contribution in [3.8, 4) is 0 Å². The van der Waals surface area contributed by atoms with Gasteiger partial charge in [0.25, 0.3) is 15.7 Å². The lowest BCUT2D eigenvalue weighted by Gasteiger charge is -2.38. The molecule has 3 aromatic carbocycles. The number of amides is 6. The summed E-state index contributed by atoms with van der Waals surface area (Å²) in [5, 5.41) is 72.4. The van der Waals surface area contributed by atoms with Crippen LogP contribution in [0.2, 0.25) is 0 Å². The van der Waals surface area contributed by atoms with E-state index in [0.717, 1.165) is 17.0 Å². The number of carboxylic acid groups (broad SMARTS) is 6. The van der Waals surface area contributed by atoms with Gasteiger partial charge < -0.3 is 76.6 Å². The topological polar surface area (TPSA) is 551 Å². The van der Waals surface area contributed by atoms with Crippen molar-refractivity contribution < 1.29 is 119 Å². The molecule has 6 atom stereocenters. The molecule has 0 aliphatic carbocycles. The standard InChI is InChI=1S/C76H92N10O25S2/c1-6-84-58-30-27-45(112(106,107)108)37-52(58)75(3,4)61(84)22-14-12-13-20-51-49-29-26-46(113(109,110)111)38-60(49)86(7-2)76(51,5)32-19-24-62(87)78-33-17-16-21-53(79-63(88)23-15-10-8-9-11-18-35-85-59-36-44(73(102)103)25-28-47(59)50-43-77-34-31-48(50)72(85)101)68(97)80-54(39-64(89)90)69(98)81-55(40-65(91)92)70(99)82-56(41-66(93)94)71(100)83-57(74(104)105)42-67(95)96/h12-14,20,22,25-31,34,36-38,43,53-57H,6-11,15-19,21,23-24,32-33,35,39-42H2,1-5H3,(H13-,78,79,80,81,82,83,87,88,89,90,91,92,93,94,95,96,97,98,99,100,102,103,104,105,106,107,108,109,110,111)/t53-,54-,55-,56-,57-,76?/m0/s1. The van der Waals surface area contributed by atoms with Gasteiger partial charge in [-0.3, -0.25) is 62.3 Å². The summed E-state index contributed by atoms with van der Waals surface area (Å²) in [6.07, 6.45) is 10.9. The fourth-order valence-electron chi connectivity index (χ4n) is 14.1. The van der Waals surface area contributed by atoms with Crippen LogP contribution in [0.3, 0.4) is 0 Å². The Balaban J connectivity index is 1.02. The highest BCUT2D eigenvalue weighted by Gasteiger charge is 2.46. The second-order valence-corrected chi connectivity index (χ2v) is 30.8. The van der Waals surface area contributed by atoms with Gasteiger partial charge in [-0.25, -0.2) is 18.0 Å². The second-order valence-electron chi connectivity index (χ2n) is 28.0. The quantitative estimate of drug-likeness (QED) is 0.00812. The number of hydrogen-bond donors (Lipinski definition) is 13. The molecule has 0 spiro atoms. The SMILES string of the molecule is CCN1c2cc(S(=O)(=O)O)ccc2\C(=C/C=C/C=C/C2=[N+](CC)c3ccc(S(=O)(=O)[O-])cc3C2(C)C)C1(C)CCCC(=O)NCCCC[C@H](NC(=O)CCCCCCCCn1c(=O)c2ccncc2c2ccc(C(=O)O)cc21)C(=O)N[C@@H](CC(=O)O)C(=O)N[C@@H](CC(=O)O)C(=O)N[C@@H](CC(=O)O)C(=O)N[C@@H](CC(=O)O)C(=O)O. The molecular formula is C76H92N10O25S2. The number of nitrogens with one attached hydrogen (secondary N) is 6. The third-order valence-electron chi connectivity index (χ3n) is 19.7. The number of nitrogens with zero attached hydrogens (tertiary/aromatic N) is 4. The number of benzene rings is 3. The number of aromatic nitrogens is 2. The summed E-state index contributed by atoms with van der Waals surface area (Å²) in [4.78, 5) is 172. The van der Waals surface area contributed by atoms with Crippen LogP contribution in [0.1, 0.15) is 165 Å². The van der Waals surface area contributed by atoms with Crippen LogP contribution in [0.5, 0.6) is 0 Å². The summed E-state index contributed by atoms with van der Waals surface area (Å²) in [7, 11) is -9.36. The number of carboxylic acids is 6. The largest absolute Gasteiger partial charge is 0.744 e. The van der Waals surface area contributed by atoms with E-state index in [4.69, 9.17) is 5.11 Å². The Kier molecular flexibility index (Phi) is 30.6. The summed E-state index contributed by atoms with van der Waals surface area (Å²) in [5.74, 6) is -16.8. The number of unbranched alkanes of at least 4 members (excludes halogenated alkanes) is 6. The van der Waals surface area contributed by atoms with E-state index in [1.165, 1.54) is 47.2 Å². The third-order valence-corrected chi connectivity index (χ3v) is 21.4. The minimum Gasteiger partial charge on any atom is -0.744 e. The Hall–Kier alpha value is -11.6. The highest BCUT2D eigenvalue weighted by atomic mass is 32.2. The fraction of sp³-hybridized carbons (Fsp3) is 0.434. The Morgan fingerprint density at radius 3 is 1.73 bits per heavy atom. The third kappa shape index (κ3) is 23.3. The van der Waals surface area contributed by atoms with Crippen LogP contribution >= 0.6 is 0 Å². The predicted molar refractivity (Wildman–Crippen MR) is 407 cm³/mol. The van der Waals surface area contributed by atoms with E-state index in [1.807, 2.05) is 66.9 Å². The van der Waals surface area contributed by atoms with Crippen molar-refractivity contribution in [3.63, 3.8) is 0 Å². The number of allylic oxidation sites excluding steroid dienone is 5. The maximum atomic E-state index is 14.3. The number of aryl methyl sites for hydroxylation is 1. The summed E-state index contributed by atoms with van der Waals surface area (Å²) < 4.78 is 74.4. The smallest absolute Gasteiger partial charge is 0.335 e. The number of pyridine rings is 2. The zero-order valence-electron chi connectivity index (χ0n) is 62.6. The first-order valence-electron chi connectivity index (χ1n) is 36.4. The van der Waals surface area contributed by atoms with Gasteiger partial charge in [-0.05, 0) is 128 Å². The van der Waals surface area contributed by atoms with Gasteiger partial charge in [-0.1, -0.05) is 62.1 Å². The van der Waals surface area contributed by atoms with E-state index in [1.54, 1.807) is 54.0 Å². The van der Waals surface area contributed by atoms with Crippen LogP contribution in [0.25, 0.3) is 27.2 Å². The van der Waals surface area contributed by atoms with Gasteiger partial charge in [-0.2, -0.15) is 13.0 Å². The molecular weight excluding hydrogens is 1520 g/mol. The van der Waals surface area contributed by atoms with Gasteiger partial charge in [0.2, 0.25) is 41.1 Å². The molecule has 2 aliphatic rings. The van der Waals surface area contributed by atoms with Gasteiger partial charge in [0.15, 0.2) is 5.71 Å². The zero-order valence-corrected chi connectivity index (χ0v) is 64.3. The molecule has 0 bridgehead atoms. The first-order valence-corrected chi connectivity index (χ1v) is 39.3. The lowest BCUT2D eigenvalue weighted by molar-refractivity contribution is -0.433. The Morgan fingerprint density at radius 2 is 1.16 bits per heavy atom. The molecule has 13 N–H and O–H groups in total. The van der Waals surface area contributed by atoms with Crippen molar-refractivity contribution in [2.24, 2.45) is 0 Å². The molecule has 35 nitrogen and oxygen atoms in total. The number of likely N-dealkylation sites (N-methyl/N-ethyl adjacent to an activating group) is 1. The minimum atomic E-state index is -4.73. The van der Waals surface area contributed by atoms with Crippen LogP contribution in [0.15, 0.2) is 118 Å². The van der Waals surface area contributed by atoms with Crippen LogP contribution in [-0.4, -0.2) is 203 Å². The summed E-state index contributed by atoms with van der Waals surface area (Å²) in [6, 6.07) is 4.40. The fourth-order valence-corrected chi connectivity index (χ4v) is 15.1. The van der Waals surface area contributed by atoms with Crippen LogP contribution in [0.4, 0.5) is 11.4 Å². The molecule has 0 saturated heterocycles. The molecule has 37 heteroatoms. The van der Waals surface area contributed by atoms with Crippen LogP contribution in [0, 0.1) is 0 Å². The number of rotatable bonds is 44. The van der Waals surface area contributed by atoms with Crippen LogP contribution in [-0.2, 0) is 84.9 Å². The van der Waals surface area contributed by atoms with E-state index in [2.05, 4.69) is 20.9 Å². The van der Waals surface area contributed by atoms with Gasteiger partial charge in [-0.15, -0.1) is 0 Å². The molecule has 6 amide bonds. The number of anilines is 1. The molecule has 0 saturated carbocycles. The molecule has 608 valence electrons. The summed E-state index contributed by atoms with van der Waals surface area (Å²) in [6.45, 7) is 10.8. The highest BCUT2D eigenvalue weighted by Crippen LogP contribution is 2.50.